The number of benzene rings is 1. The zero-order chi connectivity index (χ0) is 15.4. The summed E-state index contributed by atoms with van der Waals surface area (Å²) in [6.07, 6.45) is 3.17. The number of nitrogens with one attached hydrogen (secondary N) is 1. The van der Waals surface area contributed by atoms with E-state index in [0.29, 0.717) is 12.5 Å². The summed E-state index contributed by atoms with van der Waals surface area (Å²) in [4.78, 5) is 16.5. The van der Waals surface area contributed by atoms with Crippen LogP contribution >= 0.6 is 0 Å². The third-order valence-corrected chi connectivity index (χ3v) is 4.42. The van der Waals surface area contributed by atoms with Gasteiger partial charge in [0.05, 0.1) is 7.11 Å². The Morgan fingerprint density at radius 2 is 1.86 bits per heavy atom. The summed E-state index contributed by atoms with van der Waals surface area (Å²) >= 11 is 0. The van der Waals surface area contributed by atoms with Gasteiger partial charge in [0, 0.05) is 50.9 Å². The fourth-order valence-corrected chi connectivity index (χ4v) is 2.84. The molecule has 1 aliphatic carbocycles. The largest absolute Gasteiger partial charge is 0.497 e. The van der Waals surface area contributed by atoms with Gasteiger partial charge in [0.1, 0.15) is 5.75 Å². The van der Waals surface area contributed by atoms with Crippen LogP contribution in [0.2, 0.25) is 0 Å². The number of nitrogens with zero attached hydrogens (tertiary/aromatic N) is 2. The lowest BCUT2D eigenvalue weighted by molar-refractivity contribution is -0.131. The molecule has 1 heterocycles. The van der Waals surface area contributed by atoms with Crippen molar-refractivity contribution in [3.8, 4) is 5.75 Å². The number of carbonyl (C=O) groups is 1. The average molecular weight is 303 g/mol. The molecule has 0 radical (unpaired) electrons. The number of anilines is 1. The van der Waals surface area contributed by atoms with E-state index in [9.17, 15) is 4.79 Å². The summed E-state index contributed by atoms with van der Waals surface area (Å²) in [7, 11) is 1.68. The van der Waals surface area contributed by atoms with Gasteiger partial charge in [0.15, 0.2) is 0 Å². The first-order valence-corrected chi connectivity index (χ1v) is 8.16. The number of hydrogen-bond donors (Lipinski definition) is 1. The van der Waals surface area contributed by atoms with Crippen LogP contribution in [0.3, 0.4) is 0 Å². The van der Waals surface area contributed by atoms with Gasteiger partial charge in [-0.2, -0.15) is 0 Å². The van der Waals surface area contributed by atoms with E-state index in [1.54, 1.807) is 7.11 Å². The third-order valence-electron chi connectivity index (χ3n) is 4.42. The Labute approximate surface area is 132 Å². The molecule has 1 aromatic rings. The van der Waals surface area contributed by atoms with Gasteiger partial charge in [0.2, 0.25) is 5.91 Å². The topological polar surface area (TPSA) is 44.8 Å². The number of piperazine rings is 1. The minimum absolute atomic E-state index is 0.280. The fourth-order valence-electron chi connectivity index (χ4n) is 2.84. The van der Waals surface area contributed by atoms with Gasteiger partial charge in [0.25, 0.3) is 0 Å². The maximum absolute atomic E-state index is 12.2. The Bertz CT molecular complexity index is 491. The highest BCUT2D eigenvalue weighted by atomic mass is 16.5. The van der Waals surface area contributed by atoms with Crippen LogP contribution in [0.5, 0.6) is 5.75 Å². The highest BCUT2D eigenvalue weighted by Crippen LogP contribution is 2.21. The van der Waals surface area contributed by atoms with Gasteiger partial charge in [-0.3, -0.25) is 4.79 Å². The highest BCUT2D eigenvalue weighted by molar-refractivity contribution is 5.76. The molecule has 22 heavy (non-hydrogen) atoms. The highest BCUT2D eigenvalue weighted by Gasteiger charge is 2.23. The molecule has 1 N–H and O–H groups in total. The zero-order valence-corrected chi connectivity index (χ0v) is 13.3. The van der Waals surface area contributed by atoms with Crippen LogP contribution in [0.15, 0.2) is 24.3 Å². The predicted molar refractivity (Wildman–Crippen MR) is 87.4 cm³/mol. The minimum Gasteiger partial charge on any atom is -0.497 e. The summed E-state index contributed by atoms with van der Waals surface area (Å²) in [6.45, 7) is 4.24. The molecule has 3 rings (SSSR count). The van der Waals surface area contributed by atoms with Crippen LogP contribution < -0.4 is 15.0 Å². The van der Waals surface area contributed by atoms with Gasteiger partial charge in [-0.25, -0.2) is 0 Å². The van der Waals surface area contributed by atoms with Crippen LogP contribution in [0.1, 0.15) is 19.3 Å². The quantitative estimate of drug-likeness (QED) is 0.865. The Balaban J connectivity index is 1.43. The number of rotatable bonds is 6. The molecular weight excluding hydrogens is 278 g/mol. The van der Waals surface area contributed by atoms with Gasteiger partial charge >= 0.3 is 0 Å². The summed E-state index contributed by atoms with van der Waals surface area (Å²) in [6, 6.07) is 8.80. The lowest BCUT2D eigenvalue weighted by Crippen LogP contribution is -2.49. The number of ether oxygens (including phenoxy) is 1. The molecule has 0 atom stereocenters. The molecule has 1 aliphatic heterocycles. The van der Waals surface area contributed by atoms with Crippen molar-refractivity contribution in [3.05, 3.63) is 24.3 Å². The van der Waals surface area contributed by atoms with Crippen LogP contribution in [0.25, 0.3) is 0 Å². The Morgan fingerprint density at radius 3 is 2.45 bits per heavy atom. The van der Waals surface area contributed by atoms with Crippen LogP contribution in [0, 0.1) is 0 Å². The smallest absolute Gasteiger partial charge is 0.223 e. The average Bonchev–Trinajstić information content (AvgIpc) is 3.39. The van der Waals surface area contributed by atoms with Crippen molar-refractivity contribution >= 4 is 11.6 Å². The Hall–Kier alpha value is -1.75. The molecule has 0 bridgehead atoms. The van der Waals surface area contributed by atoms with Crippen LogP contribution in [0.4, 0.5) is 5.69 Å². The summed E-state index contributed by atoms with van der Waals surface area (Å²) in [5, 5.41) is 3.40. The van der Waals surface area contributed by atoms with E-state index >= 15 is 0 Å². The molecule has 1 amide bonds. The van der Waals surface area contributed by atoms with E-state index < -0.39 is 0 Å². The van der Waals surface area contributed by atoms with Crippen molar-refractivity contribution in [3.63, 3.8) is 0 Å². The van der Waals surface area contributed by atoms with E-state index in [0.717, 1.165) is 38.5 Å². The maximum Gasteiger partial charge on any atom is 0.223 e. The molecule has 5 heteroatoms. The first kappa shape index (κ1) is 15.2. The van der Waals surface area contributed by atoms with E-state index in [-0.39, 0.29) is 5.91 Å². The summed E-state index contributed by atoms with van der Waals surface area (Å²) in [5.41, 5.74) is 1.20. The van der Waals surface area contributed by atoms with E-state index in [4.69, 9.17) is 4.74 Å². The summed E-state index contributed by atoms with van der Waals surface area (Å²) < 4.78 is 5.19. The first-order valence-electron chi connectivity index (χ1n) is 8.16. The van der Waals surface area contributed by atoms with Gasteiger partial charge in [-0.05, 0) is 37.1 Å². The molecule has 2 fully saturated rings. The van der Waals surface area contributed by atoms with Crippen molar-refractivity contribution in [2.45, 2.75) is 25.3 Å². The monoisotopic (exact) mass is 303 g/mol. The van der Waals surface area contributed by atoms with E-state index in [2.05, 4.69) is 22.3 Å². The lowest BCUT2D eigenvalue weighted by Gasteiger charge is -2.36. The van der Waals surface area contributed by atoms with Crippen LogP contribution in [-0.2, 0) is 4.79 Å². The second-order valence-electron chi connectivity index (χ2n) is 6.04. The second-order valence-corrected chi connectivity index (χ2v) is 6.04. The molecule has 1 saturated heterocycles. The number of carbonyl (C=O) groups excluding carboxylic acids is 1. The standard InChI is InChI=1S/C17H25N3O2/c1-22-16-6-4-15(5-7-16)19-10-12-20(13-11-19)17(21)8-9-18-14-2-3-14/h4-7,14,18H,2-3,8-13H2,1H3. The van der Waals surface area contributed by atoms with E-state index in [1.165, 1.54) is 18.5 Å². The maximum atomic E-state index is 12.2. The number of methoxy groups -OCH3 is 1. The number of amides is 1. The molecule has 120 valence electrons. The molecule has 1 saturated carbocycles. The number of hydrogen-bond acceptors (Lipinski definition) is 4. The van der Waals surface area contributed by atoms with Gasteiger partial charge in [-0.15, -0.1) is 0 Å². The molecule has 0 unspecified atom stereocenters. The molecule has 0 spiro atoms. The molecule has 5 nitrogen and oxygen atoms in total. The van der Waals surface area contributed by atoms with E-state index in [1.807, 2.05) is 17.0 Å². The molecular formula is C17H25N3O2. The predicted octanol–water partition coefficient (Wildman–Crippen LogP) is 1.49. The van der Waals surface area contributed by atoms with Crippen LogP contribution in [-0.4, -0.2) is 56.7 Å². The fraction of sp³-hybridized carbons (Fsp3) is 0.588. The van der Waals surface area contributed by atoms with Crippen molar-refractivity contribution in [1.29, 1.82) is 0 Å². The molecule has 2 aliphatic rings. The van der Waals surface area contributed by atoms with Crippen molar-refractivity contribution in [2.24, 2.45) is 0 Å². The first-order chi connectivity index (χ1) is 10.8. The van der Waals surface area contributed by atoms with Crippen molar-refractivity contribution in [1.82, 2.24) is 10.2 Å². The zero-order valence-electron chi connectivity index (χ0n) is 13.3. The van der Waals surface area contributed by atoms with Gasteiger partial charge < -0.3 is 19.9 Å². The molecule has 1 aromatic carbocycles. The second kappa shape index (κ2) is 7.01. The summed E-state index contributed by atoms with van der Waals surface area (Å²) in [5.74, 6) is 1.16. The third kappa shape index (κ3) is 3.91. The van der Waals surface area contributed by atoms with Crippen molar-refractivity contribution < 1.29 is 9.53 Å². The molecule has 0 aromatic heterocycles. The Kier molecular flexibility index (Phi) is 4.83. The normalized spacial score (nSPS) is 18.4. The Morgan fingerprint density at radius 1 is 1.18 bits per heavy atom. The SMILES string of the molecule is COc1ccc(N2CCN(C(=O)CCNC3CC3)CC2)cc1. The minimum atomic E-state index is 0.280. The van der Waals surface area contributed by atoms with Gasteiger partial charge in [-0.1, -0.05) is 0 Å². The van der Waals surface area contributed by atoms with Crippen molar-refractivity contribution in [2.75, 3.05) is 44.7 Å². The lowest BCUT2D eigenvalue weighted by atomic mass is 10.2.